The molecule has 0 aliphatic rings. The summed E-state index contributed by atoms with van der Waals surface area (Å²) in [7, 11) is 0. The van der Waals surface area contributed by atoms with Gasteiger partial charge in [0.05, 0.1) is 9.75 Å². The van der Waals surface area contributed by atoms with Gasteiger partial charge < -0.3 is 11.5 Å². The Labute approximate surface area is 76.9 Å². The summed E-state index contributed by atoms with van der Waals surface area (Å²) < 4.78 is 0. The Balaban J connectivity index is 2.43. The van der Waals surface area contributed by atoms with Gasteiger partial charge in [-0.05, 0) is 0 Å². The summed E-state index contributed by atoms with van der Waals surface area (Å²) in [6.07, 6.45) is 3.46. The topological polar surface area (TPSA) is 77.8 Å². The van der Waals surface area contributed by atoms with Crippen LogP contribution in [0.15, 0.2) is 12.4 Å². The molecule has 6 heteroatoms. The number of thiazole rings is 2. The maximum atomic E-state index is 5.48. The molecule has 0 aliphatic carbocycles. The zero-order chi connectivity index (χ0) is 8.55. The van der Waals surface area contributed by atoms with E-state index < -0.39 is 0 Å². The van der Waals surface area contributed by atoms with Gasteiger partial charge in [0.15, 0.2) is 10.3 Å². The number of rotatable bonds is 1. The first kappa shape index (κ1) is 7.51. The number of nitrogen functional groups attached to an aromatic ring is 2. The van der Waals surface area contributed by atoms with Gasteiger partial charge in [-0.3, -0.25) is 0 Å². The lowest BCUT2D eigenvalue weighted by molar-refractivity contribution is 1.41. The van der Waals surface area contributed by atoms with Crippen LogP contribution in [0.2, 0.25) is 0 Å². The third kappa shape index (κ3) is 1.26. The van der Waals surface area contributed by atoms with Crippen molar-refractivity contribution in [2.45, 2.75) is 0 Å². The second-order valence-corrected chi connectivity index (χ2v) is 4.25. The van der Waals surface area contributed by atoms with E-state index in [4.69, 9.17) is 11.5 Å². The zero-order valence-corrected chi connectivity index (χ0v) is 7.65. The highest BCUT2D eigenvalue weighted by atomic mass is 32.1. The van der Waals surface area contributed by atoms with Crippen molar-refractivity contribution in [2.24, 2.45) is 0 Å². The minimum Gasteiger partial charge on any atom is -0.375 e. The van der Waals surface area contributed by atoms with Crippen LogP contribution in [0.5, 0.6) is 0 Å². The second kappa shape index (κ2) is 2.72. The van der Waals surface area contributed by atoms with Crippen molar-refractivity contribution in [1.82, 2.24) is 9.97 Å². The van der Waals surface area contributed by atoms with Crippen molar-refractivity contribution in [3.8, 4) is 9.75 Å². The predicted octanol–water partition coefficient (Wildman–Crippen LogP) is 1.43. The van der Waals surface area contributed by atoms with Gasteiger partial charge in [0.2, 0.25) is 0 Å². The summed E-state index contributed by atoms with van der Waals surface area (Å²) in [6, 6.07) is 0. The van der Waals surface area contributed by atoms with E-state index in [0.717, 1.165) is 9.75 Å². The number of hydrogen-bond acceptors (Lipinski definition) is 6. The average Bonchev–Trinajstić information content (AvgIpc) is 2.58. The molecule has 0 unspecified atom stereocenters. The minimum absolute atomic E-state index is 0.567. The molecule has 2 aromatic rings. The van der Waals surface area contributed by atoms with Gasteiger partial charge in [0.1, 0.15) is 0 Å². The Morgan fingerprint density at radius 3 is 1.58 bits per heavy atom. The molecule has 0 fully saturated rings. The van der Waals surface area contributed by atoms with E-state index in [1.54, 1.807) is 12.4 Å². The Kier molecular flexibility index (Phi) is 1.70. The van der Waals surface area contributed by atoms with Crippen LogP contribution in [-0.4, -0.2) is 9.97 Å². The summed E-state index contributed by atoms with van der Waals surface area (Å²) >= 11 is 2.87. The minimum atomic E-state index is 0.567. The molecular weight excluding hydrogens is 192 g/mol. The zero-order valence-electron chi connectivity index (χ0n) is 6.02. The molecule has 4 nitrogen and oxygen atoms in total. The largest absolute Gasteiger partial charge is 0.375 e. The highest BCUT2D eigenvalue weighted by Gasteiger charge is 2.04. The quantitative estimate of drug-likeness (QED) is 0.726. The van der Waals surface area contributed by atoms with E-state index in [-0.39, 0.29) is 0 Å². The van der Waals surface area contributed by atoms with E-state index in [1.807, 2.05) is 0 Å². The van der Waals surface area contributed by atoms with Crippen LogP contribution in [-0.2, 0) is 0 Å². The molecule has 0 spiro atoms. The van der Waals surface area contributed by atoms with Crippen LogP contribution in [0, 0.1) is 0 Å². The van der Waals surface area contributed by atoms with Crippen LogP contribution >= 0.6 is 22.7 Å². The lowest BCUT2D eigenvalue weighted by Gasteiger charge is -1.83. The van der Waals surface area contributed by atoms with Crippen LogP contribution in [0.25, 0.3) is 9.75 Å². The van der Waals surface area contributed by atoms with Crippen LogP contribution in [0.4, 0.5) is 10.3 Å². The summed E-state index contributed by atoms with van der Waals surface area (Å²) in [5, 5.41) is 1.13. The third-order valence-corrected chi connectivity index (χ3v) is 3.14. The molecule has 0 aromatic carbocycles. The molecule has 0 saturated carbocycles. The van der Waals surface area contributed by atoms with Crippen LogP contribution in [0.1, 0.15) is 0 Å². The first-order valence-electron chi connectivity index (χ1n) is 3.18. The van der Waals surface area contributed by atoms with E-state index in [9.17, 15) is 0 Å². The molecule has 4 N–H and O–H groups in total. The molecule has 62 valence electrons. The summed E-state index contributed by atoms with van der Waals surface area (Å²) in [6.45, 7) is 0. The monoisotopic (exact) mass is 198 g/mol. The molecule has 0 atom stereocenters. The van der Waals surface area contributed by atoms with Gasteiger partial charge >= 0.3 is 0 Å². The smallest absolute Gasteiger partial charge is 0.180 e. The summed E-state index contributed by atoms with van der Waals surface area (Å²) in [4.78, 5) is 9.90. The van der Waals surface area contributed by atoms with Crippen molar-refractivity contribution >= 4 is 32.9 Å². The Hall–Kier alpha value is -1.14. The fourth-order valence-electron chi connectivity index (χ4n) is 0.803. The van der Waals surface area contributed by atoms with Gasteiger partial charge in [-0.2, -0.15) is 0 Å². The summed E-state index contributed by atoms with van der Waals surface area (Å²) in [5.41, 5.74) is 11.0. The number of nitrogens with zero attached hydrogens (tertiary/aromatic N) is 2. The lowest BCUT2D eigenvalue weighted by atomic mass is 10.5. The number of anilines is 2. The third-order valence-electron chi connectivity index (χ3n) is 1.29. The molecule has 0 bridgehead atoms. The maximum Gasteiger partial charge on any atom is 0.180 e. The number of nitrogens with two attached hydrogens (primary N) is 2. The van der Waals surface area contributed by atoms with Gasteiger partial charge in [-0.15, -0.1) is 0 Å². The molecule has 0 aliphatic heterocycles. The maximum absolute atomic E-state index is 5.48. The van der Waals surface area contributed by atoms with Crippen molar-refractivity contribution in [1.29, 1.82) is 0 Å². The average molecular weight is 198 g/mol. The SMILES string of the molecule is Nc1ncc(-c2cnc(N)s2)s1. The highest BCUT2D eigenvalue weighted by Crippen LogP contribution is 2.32. The van der Waals surface area contributed by atoms with Gasteiger partial charge in [0.25, 0.3) is 0 Å². The van der Waals surface area contributed by atoms with E-state index in [1.165, 1.54) is 22.7 Å². The Bertz CT molecular complexity index is 353. The van der Waals surface area contributed by atoms with Crippen molar-refractivity contribution in [3.63, 3.8) is 0 Å². The first-order valence-corrected chi connectivity index (χ1v) is 4.82. The highest BCUT2D eigenvalue weighted by molar-refractivity contribution is 7.25. The van der Waals surface area contributed by atoms with E-state index in [0.29, 0.717) is 10.3 Å². The Morgan fingerprint density at radius 2 is 1.33 bits per heavy atom. The van der Waals surface area contributed by atoms with Gasteiger partial charge in [0, 0.05) is 12.4 Å². The number of aromatic nitrogens is 2. The standard InChI is InChI=1S/C6H6N4S2/c7-5-9-1-3(11-5)4-2-10-6(8)12-4/h1-2H,(H2,7,9)(H2,8,10). The van der Waals surface area contributed by atoms with Crippen molar-refractivity contribution < 1.29 is 0 Å². The van der Waals surface area contributed by atoms with Gasteiger partial charge in [-0.1, -0.05) is 22.7 Å². The van der Waals surface area contributed by atoms with E-state index in [2.05, 4.69) is 9.97 Å². The van der Waals surface area contributed by atoms with Crippen LogP contribution < -0.4 is 11.5 Å². The second-order valence-electron chi connectivity index (χ2n) is 2.13. The van der Waals surface area contributed by atoms with Crippen LogP contribution in [0.3, 0.4) is 0 Å². The normalized spacial score (nSPS) is 10.3. The summed E-state index contributed by atoms with van der Waals surface area (Å²) in [5.74, 6) is 0. The first-order chi connectivity index (χ1) is 5.75. The molecule has 2 rings (SSSR count). The molecule has 12 heavy (non-hydrogen) atoms. The molecule has 0 saturated heterocycles. The Morgan fingerprint density at radius 1 is 0.917 bits per heavy atom. The molecule has 0 radical (unpaired) electrons. The molecule has 2 heterocycles. The van der Waals surface area contributed by atoms with Crippen molar-refractivity contribution in [3.05, 3.63) is 12.4 Å². The van der Waals surface area contributed by atoms with Crippen molar-refractivity contribution in [2.75, 3.05) is 11.5 Å². The fourth-order valence-corrected chi connectivity index (χ4v) is 2.23. The fraction of sp³-hybridized carbons (Fsp3) is 0. The molecular formula is C6H6N4S2. The lowest BCUT2D eigenvalue weighted by Crippen LogP contribution is -1.77. The molecule has 0 amide bonds. The predicted molar refractivity (Wildman–Crippen MR) is 52.0 cm³/mol. The van der Waals surface area contributed by atoms with E-state index >= 15 is 0 Å². The number of hydrogen-bond donors (Lipinski definition) is 2. The molecule has 2 aromatic heterocycles. The van der Waals surface area contributed by atoms with Gasteiger partial charge in [-0.25, -0.2) is 9.97 Å².